The Morgan fingerprint density at radius 2 is 1.63 bits per heavy atom. The minimum absolute atomic E-state index is 0.0150. The van der Waals surface area contributed by atoms with Gasteiger partial charge in [0.1, 0.15) is 0 Å². The molecule has 19 heavy (non-hydrogen) atoms. The third kappa shape index (κ3) is 9.11. The van der Waals surface area contributed by atoms with Crippen LogP contribution in [0.2, 0.25) is 0 Å². The molecular formula is C15H29F2NO. The third-order valence-electron chi connectivity index (χ3n) is 2.72. The van der Waals surface area contributed by atoms with E-state index in [1.807, 2.05) is 13.8 Å². The summed E-state index contributed by atoms with van der Waals surface area (Å²) >= 11 is 0. The maximum atomic E-state index is 13.3. The SMILES string of the molecule is CC(C)C(F)(F)/C=C/COC(C)(C)CNC(C)(C)C. The van der Waals surface area contributed by atoms with Crippen molar-refractivity contribution in [3.8, 4) is 0 Å². The molecule has 0 unspecified atom stereocenters. The topological polar surface area (TPSA) is 21.3 Å². The van der Waals surface area contributed by atoms with Crippen LogP contribution in [0.5, 0.6) is 0 Å². The van der Waals surface area contributed by atoms with Gasteiger partial charge in [-0.25, -0.2) is 8.78 Å². The summed E-state index contributed by atoms with van der Waals surface area (Å²) in [7, 11) is 0. The van der Waals surface area contributed by atoms with Crippen molar-refractivity contribution in [3.63, 3.8) is 0 Å². The fourth-order valence-corrected chi connectivity index (χ4v) is 1.20. The lowest BCUT2D eigenvalue weighted by molar-refractivity contribution is -0.00979. The van der Waals surface area contributed by atoms with Crippen molar-refractivity contribution < 1.29 is 13.5 Å². The lowest BCUT2D eigenvalue weighted by Gasteiger charge is -2.30. The molecule has 0 aromatic heterocycles. The van der Waals surface area contributed by atoms with Crippen LogP contribution in [-0.4, -0.2) is 30.2 Å². The van der Waals surface area contributed by atoms with Gasteiger partial charge < -0.3 is 10.1 Å². The molecule has 0 radical (unpaired) electrons. The minimum atomic E-state index is -2.77. The molecule has 0 heterocycles. The number of hydrogen-bond donors (Lipinski definition) is 1. The Morgan fingerprint density at radius 3 is 2.05 bits per heavy atom. The largest absolute Gasteiger partial charge is 0.370 e. The van der Waals surface area contributed by atoms with Crippen LogP contribution in [0.4, 0.5) is 8.78 Å². The van der Waals surface area contributed by atoms with Gasteiger partial charge in [-0.3, -0.25) is 0 Å². The summed E-state index contributed by atoms with van der Waals surface area (Å²) in [5.74, 6) is -3.46. The van der Waals surface area contributed by atoms with Crippen molar-refractivity contribution in [1.29, 1.82) is 0 Å². The lowest BCUT2D eigenvalue weighted by atomic mass is 10.0. The van der Waals surface area contributed by atoms with Gasteiger partial charge in [0.05, 0.1) is 12.2 Å². The van der Waals surface area contributed by atoms with Gasteiger partial charge in [-0.15, -0.1) is 0 Å². The molecule has 0 fully saturated rings. The van der Waals surface area contributed by atoms with Gasteiger partial charge in [0.2, 0.25) is 0 Å². The Kier molecular flexibility index (Phi) is 6.63. The van der Waals surface area contributed by atoms with Crippen molar-refractivity contribution in [2.45, 2.75) is 65.5 Å². The van der Waals surface area contributed by atoms with Crippen molar-refractivity contribution >= 4 is 0 Å². The Balaban J connectivity index is 4.15. The summed E-state index contributed by atoms with van der Waals surface area (Å²) in [6.07, 6.45) is 2.34. The van der Waals surface area contributed by atoms with Crippen LogP contribution < -0.4 is 5.32 Å². The molecule has 0 saturated heterocycles. The quantitative estimate of drug-likeness (QED) is 0.710. The number of alkyl halides is 2. The minimum Gasteiger partial charge on any atom is -0.370 e. The Bertz CT molecular complexity index is 291. The molecule has 4 heteroatoms. The number of nitrogens with one attached hydrogen (secondary N) is 1. The van der Waals surface area contributed by atoms with Crippen molar-refractivity contribution in [2.75, 3.05) is 13.2 Å². The van der Waals surface area contributed by atoms with Gasteiger partial charge in [0.15, 0.2) is 0 Å². The second-order valence-electron chi connectivity index (χ2n) is 6.91. The Labute approximate surface area is 116 Å². The molecule has 0 spiro atoms. The highest BCUT2D eigenvalue weighted by Crippen LogP contribution is 2.25. The number of halogens is 2. The van der Waals surface area contributed by atoms with Gasteiger partial charge in [0, 0.05) is 18.0 Å². The first-order chi connectivity index (χ1) is 8.36. The highest BCUT2D eigenvalue weighted by atomic mass is 19.3. The van der Waals surface area contributed by atoms with Crippen LogP contribution in [0.1, 0.15) is 48.5 Å². The van der Waals surface area contributed by atoms with E-state index >= 15 is 0 Å². The average Bonchev–Trinajstić information content (AvgIpc) is 2.21. The van der Waals surface area contributed by atoms with Crippen LogP contribution in [-0.2, 0) is 4.74 Å². The van der Waals surface area contributed by atoms with E-state index in [4.69, 9.17) is 4.74 Å². The monoisotopic (exact) mass is 277 g/mol. The van der Waals surface area contributed by atoms with E-state index < -0.39 is 11.8 Å². The second-order valence-corrected chi connectivity index (χ2v) is 6.91. The Hall–Kier alpha value is -0.480. The summed E-state index contributed by atoms with van der Waals surface area (Å²) in [5.41, 5.74) is -0.369. The van der Waals surface area contributed by atoms with E-state index in [-0.39, 0.29) is 17.7 Å². The summed E-state index contributed by atoms with van der Waals surface area (Å²) in [6, 6.07) is 0. The number of rotatable bonds is 7. The fourth-order valence-electron chi connectivity index (χ4n) is 1.20. The maximum absolute atomic E-state index is 13.3. The lowest BCUT2D eigenvalue weighted by Crippen LogP contribution is -2.46. The third-order valence-corrected chi connectivity index (χ3v) is 2.72. The standard InChI is InChI=1S/C15H29F2NO/c1-12(2)15(16,17)9-8-10-19-14(6,7)11-18-13(3,4)5/h8-9,12,18H,10-11H2,1-7H3/b9-8+. The number of ether oxygens (including phenoxy) is 1. The van der Waals surface area contributed by atoms with Crippen LogP contribution in [0.25, 0.3) is 0 Å². The van der Waals surface area contributed by atoms with Gasteiger partial charge in [-0.1, -0.05) is 19.9 Å². The molecule has 0 aliphatic carbocycles. The van der Waals surface area contributed by atoms with E-state index in [1.165, 1.54) is 19.9 Å². The van der Waals surface area contributed by atoms with Crippen molar-refractivity contribution in [2.24, 2.45) is 5.92 Å². The van der Waals surface area contributed by atoms with Crippen molar-refractivity contribution in [3.05, 3.63) is 12.2 Å². The molecule has 0 atom stereocenters. The first-order valence-corrected chi connectivity index (χ1v) is 6.80. The molecule has 0 bridgehead atoms. The molecule has 1 N–H and O–H groups in total. The van der Waals surface area contributed by atoms with Gasteiger partial charge in [-0.2, -0.15) is 0 Å². The maximum Gasteiger partial charge on any atom is 0.268 e. The number of hydrogen-bond acceptors (Lipinski definition) is 2. The van der Waals surface area contributed by atoms with Crippen LogP contribution in [0.15, 0.2) is 12.2 Å². The highest BCUT2D eigenvalue weighted by Gasteiger charge is 2.29. The zero-order valence-corrected chi connectivity index (χ0v) is 13.3. The first kappa shape index (κ1) is 18.5. The van der Waals surface area contributed by atoms with Gasteiger partial charge in [-0.05, 0) is 40.7 Å². The Morgan fingerprint density at radius 1 is 1.11 bits per heavy atom. The average molecular weight is 277 g/mol. The fraction of sp³-hybridized carbons (Fsp3) is 0.867. The van der Waals surface area contributed by atoms with Gasteiger partial charge >= 0.3 is 0 Å². The van der Waals surface area contributed by atoms with Crippen LogP contribution in [0.3, 0.4) is 0 Å². The van der Waals surface area contributed by atoms with E-state index in [0.29, 0.717) is 6.54 Å². The summed E-state index contributed by atoms with van der Waals surface area (Å²) < 4.78 is 32.2. The number of allylic oxidation sites excluding steroid dienone is 1. The molecule has 2 nitrogen and oxygen atoms in total. The predicted molar refractivity (Wildman–Crippen MR) is 76.7 cm³/mol. The normalized spacial score (nSPS) is 14.6. The molecule has 0 saturated carbocycles. The molecular weight excluding hydrogens is 248 g/mol. The molecule has 0 aromatic rings. The van der Waals surface area contributed by atoms with E-state index in [1.54, 1.807) is 0 Å². The summed E-state index contributed by atoms with van der Waals surface area (Å²) in [5, 5.41) is 3.34. The van der Waals surface area contributed by atoms with Crippen molar-refractivity contribution in [1.82, 2.24) is 5.32 Å². The predicted octanol–water partition coefficient (Wildman–Crippen LogP) is 4.02. The molecule has 0 aliphatic rings. The van der Waals surface area contributed by atoms with E-state index in [9.17, 15) is 8.78 Å². The molecule has 0 amide bonds. The van der Waals surface area contributed by atoms with Crippen LogP contribution in [0, 0.1) is 5.92 Å². The molecule has 114 valence electrons. The smallest absolute Gasteiger partial charge is 0.268 e. The molecule has 0 aromatic carbocycles. The second kappa shape index (κ2) is 6.80. The zero-order chi connectivity index (χ0) is 15.3. The van der Waals surface area contributed by atoms with E-state index in [2.05, 4.69) is 26.1 Å². The zero-order valence-electron chi connectivity index (χ0n) is 13.3. The highest BCUT2D eigenvalue weighted by molar-refractivity contribution is 4.97. The summed E-state index contributed by atoms with van der Waals surface area (Å²) in [4.78, 5) is 0. The molecule has 0 aliphatic heterocycles. The van der Waals surface area contributed by atoms with Crippen LogP contribution >= 0.6 is 0 Å². The summed E-state index contributed by atoms with van der Waals surface area (Å²) in [6.45, 7) is 14.0. The van der Waals surface area contributed by atoms with Gasteiger partial charge in [0.25, 0.3) is 5.92 Å². The van der Waals surface area contributed by atoms with E-state index in [0.717, 1.165) is 6.08 Å². The molecule has 0 rings (SSSR count). The first-order valence-electron chi connectivity index (χ1n) is 6.80.